The fourth-order valence-corrected chi connectivity index (χ4v) is 3.56. The molecule has 0 bridgehead atoms. The number of rotatable bonds is 7. The summed E-state index contributed by atoms with van der Waals surface area (Å²) in [5, 5.41) is 32.0. The molecule has 0 aliphatic rings. The maximum absolute atomic E-state index is 12.3. The van der Waals surface area contributed by atoms with Gasteiger partial charge in [-0.3, -0.25) is 14.9 Å². The molecule has 0 unspecified atom stereocenters. The number of hydrogen-bond donors (Lipinski definition) is 2. The van der Waals surface area contributed by atoms with E-state index in [-0.39, 0.29) is 17.3 Å². The highest BCUT2D eigenvalue weighted by Crippen LogP contribution is 2.29. The Morgan fingerprint density at radius 1 is 1.28 bits per heavy atom. The van der Waals surface area contributed by atoms with E-state index in [9.17, 15) is 20.0 Å². The minimum Gasteiger partial charge on any atom is -0.502 e. The highest BCUT2D eigenvalue weighted by molar-refractivity contribution is 7.99. The number of hydrogen-bond acceptors (Lipinski definition) is 7. The van der Waals surface area contributed by atoms with Crippen molar-refractivity contribution in [3.63, 3.8) is 0 Å². The van der Waals surface area contributed by atoms with Gasteiger partial charge in [0.25, 0.3) is 0 Å². The van der Waals surface area contributed by atoms with Crippen molar-refractivity contribution in [2.24, 2.45) is 0 Å². The zero-order chi connectivity index (χ0) is 21.0. The number of phenols is 1. The molecule has 0 aliphatic carbocycles. The first kappa shape index (κ1) is 20.3. The Labute approximate surface area is 170 Å². The summed E-state index contributed by atoms with van der Waals surface area (Å²) in [5.41, 5.74) is 1.83. The summed E-state index contributed by atoms with van der Waals surface area (Å²) >= 11 is 1.23. The van der Waals surface area contributed by atoms with E-state index in [4.69, 9.17) is 0 Å². The van der Waals surface area contributed by atoms with E-state index in [2.05, 4.69) is 15.5 Å². The molecule has 9 nitrogen and oxygen atoms in total. The molecule has 1 amide bonds. The van der Waals surface area contributed by atoms with E-state index in [0.717, 1.165) is 23.0 Å². The van der Waals surface area contributed by atoms with Gasteiger partial charge in [0.15, 0.2) is 16.7 Å². The molecule has 0 spiro atoms. The second kappa shape index (κ2) is 8.74. The van der Waals surface area contributed by atoms with Crippen molar-refractivity contribution in [2.75, 3.05) is 11.1 Å². The molecule has 1 aromatic heterocycles. The summed E-state index contributed by atoms with van der Waals surface area (Å²) in [4.78, 5) is 22.4. The van der Waals surface area contributed by atoms with E-state index >= 15 is 0 Å². The quantitative estimate of drug-likeness (QED) is 0.262. The van der Waals surface area contributed by atoms with Crippen LogP contribution in [0.15, 0.2) is 47.6 Å². The van der Waals surface area contributed by atoms with Crippen LogP contribution in [-0.2, 0) is 11.3 Å². The predicted molar refractivity (Wildman–Crippen MR) is 110 cm³/mol. The molecule has 1 heterocycles. The Balaban J connectivity index is 1.69. The summed E-state index contributed by atoms with van der Waals surface area (Å²) in [5.74, 6) is -0.0196. The van der Waals surface area contributed by atoms with Crippen LogP contribution in [0.5, 0.6) is 5.75 Å². The van der Waals surface area contributed by atoms with E-state index in [1.165, 1.54) is 23.9 Å². The fraction of sp³-hybridized carbons (Fsp3) is 0.211. The third-order valence-electron chi connectivity index (χ3n) is 4.10. The molecule has 3 aromatic rings. The largest absolute Gasteiger partial charge is 0.502 e. The lowest BCUT2D eigenvalue weighted by atomic mass is 10.1. The Kier molecular flexibility index (Phi) is 6.13. The van der Waals surface area contributed by atoms with Gasteiger partial charge in [-0.05, 0) is 32.0 Å². The Morgan fingerprint density at radius 2 is 2.07 bits per heavy atom. The average Bonchev–Trinajstić information content (AvgIpc) is 3.10. The van der Waals surface area contributed by atoms with Crippen LogP contribution in [0, 0.1) is 17.0 Å². The summed E-state index contributed by atoms with van der Waals surface area (Å²) < 4.78 is 1.93. The van der Waals surface area contributed by atoms with Crippen molar-refractivity contribution in [3.05, 3.63) is 58.1 Å². The molecule has 0 radical (unpaired) electrons. The monoisotopic (exact) mass is 413 g/mol. The highest BCUT2D eigenvalue weighted by Gasteiger charge is 2.17. The van der Waals surface area contributed by atoms with E-state index < -0.39 is 16.4 Å². The third-order valence-corrected chi connectivity index (χ3v) is 5.06. The first-order valence-electron chi connectivity index (χ1n) is 8.79. The molecule has 10 heteroatoms. The van der Waals surface area contributed by atoms with Crippen LogP contribution in [0.1, 0.15) is 12.5 Å². The van der Waals surface area contributed by atoms with Crippen LogP contribution in [0.2, 0.25) is 0 Å². The van der Waals surface area contributed by atoms with Crippen molar-refractivity contribution in [2.45, 2.75) is 25.5 Å². The molecule has 0 fully saturated rings. The first-order valence-corrected chi connectivity index (χ1v) is 9.78. The molecule has 0 aliphatic heterocycles. The highest BCUT2D eigenvalue weighted by atomic mass is 32.2. The van der Waals surface area contributed by atoms with Gasteiger partial charge in [0, 0.05) is 23.9 Å². The van der Waals surface area contributed by atoms with Crippen LogP contribution < -0.4 is 5.32 Å². The van der Waals surface area contributed by atoms with Gasteiger partial charge in [0.1, 0.15) is 0 Å². The van der Waals surface area contributed by atoms with Crippen molar-refractivity contribution in [3.8, 4) is 17.1 Å². The number of anilines is 1. The fourth-order valence-electron chi connectivity index (χ4n) is 2.75. The van der Waals surface area contributed by atoms with Gasteiger partial charge in [-0.25, -0.2) is 0 Å². The topological polar surface area (TPSA) is 123 Å². The van der Waals surface area contributed by atoms with E-state index in [1.54, 1.807) is 0 Å². The number of thioether (sulfide) groups is 1. The van der Waals surface area contributed by atoms with Crippen LogP contribution in [0.25, 0.3) is 11.4 Å². The number of carbonyl (C=O) groups excluding carboxylic acids is 1. The number of nitrogens with zero attached hydrogens (tertiary/aromatic N) is 4. The lowest BCUT2D eigenvalue weighted by Crippen LogP contribution is -2.14. The Hall–Kier alpha value is -3.40. The number of carbonyl (C=O) groups is 1. The van der Waals surface area contributed by atoms with Crippen LogP contribution in [0.4, 0.5) is 11.4 Å². The smallest absolute Gasteiger partial charge is 0.312 e. The van der Waals surface area contributed by atoms with Gasteiger partial charge < -0.3 is 15.0 Å². The number of amides is 1. The number of nitro benzene ring substituents is 1. The number of nitro groups is 1. The molecular weight excluding hydrogens is 394 g/mol. The molecule has 0 saturated carbocycles. The maximum atomic E-state index is 12.3. The van der Waals surface area contributed by atoms with Crippen molar-refractivity contribution in [1.82, 2.24) is 14.8 Å². The molecule has 150 valence electrons. The van der Waals surface area contributed by atoms with Crippen molar-refractivity contribution >= 4 is 29.0 Å². The van der Waals surface area contributed by atoms with Crippen LogP contribution in [-0.4, -0.2) is 36.5 Å². The van der Waals surface area contributed by atoms with Gasteiger partial charge >= 0.3 is 5.69 Å². The number of aromatic nitrogens is 3. The van der Waals surface area contributed by atoms with Crippen molar-refractivity contribution in [1.29, 1.82) is 0 Å². The predicted octanol–water partition coefficient (Wildman–Crippen LogP) is 3.62. The second-order valence-corrected chi connectivity index (χ2v) is 7.16. The molecule has 2 N–H and O–H groups in total. The SMILES string of the molecule is CCn1c(SCC(=O)Nc2ccc(O)c([N+](=O)[O-])c2)nnc1-c1cccc(C)c1. The molecule has 3 rings (SSSR count). The first-order chi connectivity index (χ1) is 13.9. The van der Waals surface area contributed by atoms with E-state index in [1.807, 2.05) is 42.7 Å². The standard InChI is InChI=1S/C19H19N5O4S/c1-3-23-18(13-6-4-5-12(2)9-13)21-22-19(23)29-11-17(26)20-14-7-8-16(25)15(10-14)24(27)28/h4-10,25H,3,11H2,1-2H3,(H,20,26). The number of phenolic OH excluding ortho intramolecular Hbond substituents is 1. The van der Waals surface area contributed by atoms with Gasteiger partial charge in [-0.1, -0.05) is 35.5 Å². The Bertz CT molecular complexity index is 1070. The number of aromatic hydroxyl groups is 1. The lowest BCUT2D eigenvalue weighted by molar-refractivity contribution is -0.385. The maximum Gasteiger partial charge on any atom is 0.312 e. The van der Waals surface area contributed by atoms with Crippen LogP contribution in [0.3, 0.4) is 0 Å². The minimum atomic E-state index is -0.712. The van der Waals surface area contributed by atoms with Gasteiger partial charge in [0.2, 0.25) is 5.91 Å². The summed E-state index contributed by atoms with van der Waals surface area (Å²) in [6, 6.07) is 11.6. The van der Waals surface area contributed by atoms with Crippen molar-refractivity contribution < 1.29 is 14.8 Å². The lowest BCUT2D eigenvalue weighted by Gasteiger charge is -2.08. The second-order valence-electron chi connectivity index (χ2n) is 6.22. The molecule has 29 heavy (non-hydrogen) atoms. The number of aryl methyl sites for hydroxylation is 1. The average molecular weight is 413 g/mol. The zero-order valence-electron chi connectivity index (χ0n) is 15.8. The van der Waals surface area contributed by atoms with Gasteiger partial charge in [-0.15, -0.1) is 10.2 Å². The van der Waals surface area contributed by atoms with Crippen LogP contribution >= 0.6 is 11.8 Å². The molecular formula is C19H19N5O4S. The summed E-state index contributed by atoms with van der Waals surface area (Å²) in [6.45, 7) is 4.62. The summed E-state index contributed by atoms with van der Waals surface area (Å²) in [6.07, 6.45) is 0. The molecule has 0 saturated heterocycles. The minimum absolute atomic E-state index is 0.0562. The van der Waals surface area contributed by atoms with Gasteiger partial charge in [0.05, 0.1) is 10.7 Å². The zero-order valence-corrected chi connectivity index (χ0v) is 16.6. The number of nitrogens with one attached hydrogen (secondary N) is 1. The summed E-state index contributed by atoms with van der Waals surface area (Å²) in [7, 11) is 0. The molecule has 0 atom stereocenters. The number of benzene rings is 2. The van der Waals surface area contributed by atoms with Gasteiger partial charge in [-0.2, -0.15) is 0 Å². The Morgan fingerprint density at radius 3 is 2.76 bits per heavy atom. The molecule has 2 aromatic carbocycles. The van der Waals surface area contributed by atoms with E-state index in [0.29, 0.717) is 11.7 Å². The normalized spacial score (nSPS) is 10.7. The third kappa shape index (κ3) is 4.72.